The molecule has 1 amide bonds. The fourth-order valence-corrected chi connectivity index (χ4v) is 3.73. The maximum Gasteiger partial charge on any atom is 0.416 e. The molecular formula is C16H15F3IN3O4S. The molecule has 2 aromatic rings. The van der Waals surface area contributed by atoms with Crippen molar-refractivity contribution in [3.05, 3.63) is 50.9 Å². The zero-order valence-electron chi connectivity index (χ0n) is 14.8. The standard InChI is InChI=1S/C16H15F3IN3O4S/c1-9-4-5-11(7-12(9)16(17,18)19)28(25,26)22-13-6-10(20)8-21-14(13)15(24)23(2)27-3/h4-8,22H,1-3H3. The average molecular weight is 529 g/mol. The molecule has 0 atom stereocenters. The van der Waals surface area contributed by atoms with Crippen molar-refractivity contribution in [2.45, 2.75) is 18.0 Å². The Morgan fingerprint density at radius 1 is 1.29 bits per heavy atom. The molecule has 28 heavy (non-hydrogen) atoms. The molecule has 0 saturated carbocycles. The third kappa shape index (κ3) is 4.91. The van der Waals surface area contributed by atoms with Crippen LogP contribution in [0.5, 0.6) is 0 Å². The number of carbonyl (C=O) groups excluding carboxylic acids is 1. The van der Waals surface area contributed by atoms with Gasteiger partial charge in [0.05, 0.1) is 23.3 Å². The first-order valence-corrected chi connectivity index (χ1v) is 10.1. The Morgan fingerprint density at radius 2 is 1.93 bits per heavy atom. The van der Waals surface area contributed by atoms with Crippen LogP contribution in [0.1, 0.15) is 21.6 Å². The summed E-state index contributed by atoms with van der Waals surface area (Å²) in [7, 11) is -1.89. The van der Waals surface area contributed by atoms with Gasteiger partial charge >= 0.3 is 6.18 Å². The van der Waals surface area contributed by atoms with E-state index in [0.29, 0.717) is 9.64 Å². The predicted molar refractivity (Wildman–Crippen MR) is 103 cm³/mol. The summed E-state index contributed by atoms with van der Waals surface area (Å²) in [5.41, 5.74) is -1.63. The summed E-state index contributed by atoms with van der Waals surface area (Å²) in [5, 5.41) is 0.834. The van der Waals surface area contributed by atoms with E-state index in [1.807, 2.05) is 22.6 Å². The fraction of sp³-hybridized carbons (Fsp3) is 0.250. The molecule has 0 aliphatic heterocycles. The third-order valence-electron chi connectivity index (χ3n) is 3.69. The highest BCUT2D eigenvalue weighted by Crippen LogP contribution is 2.33. The van der Waals surface area contributed by atoms with Crippen molar-refractivity contribution < 1.29 is 31.2 Å². The lowest BCUT2D eigenvalue weighted by atomic mass is 10.1. The normalized spacial score (nSPS) is 12.0. The number of alkyl halides is 3. The van der Waals surface area contributed by atoms with Crippen molar-refractivity contribution in [1.29, 1.82) is 0 Å². The van der Waals surface area contributed by atoms with Gasteiger partial charge in [-0.05, 0) is 53.3 Å². The summed E-state index contributed by atoms with van der Waals surface area (Å²) >= 11 is 1.86. The number of sulfonamides is 1. The lowest BCUT2D eigenvalue weighted by Gasteiger charge is -2.17. The highest BCUT2D eigenvalue weighted by molar-refractivity contribution is 14.1. The van der Waals surface area contributed by atoms with Crippen LogP contribution in [0.2, 0.25) is 0 Å². The van der Waals surface area contributed by atoms with Gasteiger partial charge in [-0.1, -0.05) is 6.07 Å². The quantitative estimate of drug-likeness (QED) is 0.474. The number of halogens is 4. The van der Waals surface area contributed by atoms with Crippen LogP contribution < -0.4 is 4.72 Å². The number of aromatic nitrogens is 1. The van der Waals surface area contributed by atoms with Crippen molar-refractivity contribution in [3.8, 4) is 0 Å². The van der Waals surface area contributed by atoms with Crippen LogP contribution in [-0.2, 0) is 21.0 Å². The molecule has 0 spiro atoms. The van der Waals surface area contributed by atoms with Crippen LogP contribution in [0, 0.1) is 10.5 Å². The van der Waals surface area contributed by atoms with Gasteiger partial charge in [0, 0.05) is 16.8 Å². The Bertz CT molecular complexity index is 1010. The number of pyridine rings is 1. The first-order chi connectivity index (χ1) is 12.9. The second-order valence-electron chi connectivity index (χ2n) is 5.61. The first-order valence-electron chi connectivity index (χ1n) is 7.55. The maximum absolute atomic E-state index is 13.1. The van der Waals surface area contributed by atoms with Gasteiger partial charge in [0.1, 0.15) is 0 Å². The van der Waals surface area contributed by atoms with Crippen molar-refractivity contribution in [3.63, 3.8) is 0 Å². The van der Waals surface area contributed by atoms with Crippen LogP contribution in [0.15, 0.2) is 35.4 Å². The zero-order valence-corrected chi connectivity index (χ0v) is 17.8. The molecule has 0 aliphatic carbocycles. The molecule has 1 aromatic carbocycles. The monoisotopic (exact) mass is 529 g/mol. The van der Waals surface area contributed by atoms with Crippen molar-refractivity contribution >= 4 is 44.2 Å². The largest absolute Gasteiger partial charge is 0.416 e. The Labute approximate surface area is 173 Å². The van der Waals surface area contributed by atoms with Gasteiger partial charge in [-0.15, -0.1) is 0 Å². The molecule has 1 aromatic heterocycles. The van der Waals surface area contributed by atoms with E-state index >= 15 is 0 Å². The number of hydroxylamine groups is 2. The van der Waals surface area contributed by atoms with Gasteiger partial charge < -0.3 is 0 Å². The molecule has 152 valence electrons. The van der Waals surface area contributed by atoms with Gasteiger partial charge in [0.25, 0.3) is 15.9 Å². The Hall–Kier alpha value is -1.93. The molecule has 0 saturated heterocycles. The molecule has 7 nitrogen and oxygen atoms in total. The van der Waals surface area contributed by atoms with E-state index in [1.165, 1.54) is 33.3 Å². The molecular weight excluding hydrogens is 514 g/mol. The van der Waals surface area contributed by atoms with Crippen molar-refractivity contribution in [1.82, 2.24) is 10.0 Å². The molecule has 12 heteroatoms. The highest BCUT2D eigenvalue weighted by Gasteiger charge is 2.34. The van der Waals surface area contributed by atoms with E-state index in [4.69, 9.17) is 4.84 Å². The third-order valence-corrected chi connectivity index (χ3v) is 5.64. The SMILES string of the molecule is CON(C)C(=O)c1ncc(I)cc1NS(=O)(=O)c1ccc(C)c(C(F)(F)F)c1. The lowest BCUT2D eigenvalue weighted by molar-refractivity contribution is -0.138. The van der Waals surface area contributed by atoms with E-state index in [2.05, 4.69) is 9.71 Å². The predicted octanol–water partition coefficient (Wildman–Crippen LogP) is 3.45. The number of rotatable bonds is 5. The van der Waals surface area contributed by atoms with Crippen LogP contribution in [0.4, 0.5) is 18.9 Å². The minimum atomic E-state index is -4.71. The fourth-order valence-electron chi connectivity index (χ4n) is 2.20. The van der Waals surface area contributed by atoms with Gasteiger partial charge in [-0.25, -0.2) is 18.5 Å². The number of amides is 1. The number of anilines is 1. The lowest BCUT2D eigenvalue weighted by Crippen LogP contribution is -2.28. The zero-order chi connectivity index (χ0) is 21.3. The molecule has 1 heterocycles. The van der Waals surface area contributed by atoms with Crippen LogP contribution in [-0.4, -0.2) is 38.5 Å². The van der Waals surface area contributed by atoms with Crippen LogP contribution in [0.3, 0.4) is 0 Å². The molecule has 0 fully saturated rings. The van der Waals surface area contributed by atoms with Gasteiger partial charge in [0.2, 0.25) is 0 Å². The number of nitrogens with one attached hydrogen (secondary N) is 1. The molecule has 0 aliphatic rings. The Balaban J connectivity index is 2.51. The van der Waals surface area contributed by atoms with Gasteiger partial charge in [-0.2, -0.15) is 13.2 Å². The van der Waals surface area contributed by atoms with E-state index in [-0.39, 0.29) is 16.9 Å². The van der Waals surface area contributed by atoms with Crippen LogP contribution in [0.25, 0.3) is 0 Å². The first kappa shape index (κ1) is 22.4. The number of hydrogen-bond acceptors (Lipinski definition) is 5. The summed E-state index contributed by atoms with van der Waals surface area (Å²) in [4.78, 5) is 20.4. The van der Waals surface area contributed by atoms with E-state index < -0.39 is 32.6 Å². The molecule has 0 radical (unpaired) electrons. The van der Waals surface area contributed by atoms with Gasteiger partial charge in [0.15, 0.2) is 5.69 Å². The van der Waals surface area contributed by atoms with Crippen molar-refractivity contribution in [2.75, 3.05) is 18.9 Å². The van der Waals surface area contributed by atoms with E-state index in [9.17, 15) is 26.4 Å². The summed E-state index contributed by atoms with van der Waals surface area (Å²) in [5.74, 6) is -0.739. The Kier molecular flexibility index (Phi) is 6.55. The van der Waals surface area contributed by atoms with Crippen molar-refractivity contribution in [2.24, 2.45) is 0 Å². The minimum Gasteiger partial charge on any atom is -0.277 e. The maximum atomic E-state index is 13.1. The van der Waals surface area contributed by atoms with Crippen LogP contribution >= 0.6 is 22.6 Å². The minimum absolute atomic E-state index is 0.111. The topological polar surface area (TPSA) is 88.6 Å². The number of aryl methyl sites for hydroxylation is 1. The Morgan fingerprint density at radius 3 is 2.50 bits per heavy atom. The second kappa shape index (κ2) is 8.21. The molecule has 0 bridgehead atoms. The number of nitrogens with zero attached hydrogens (tertiary/aromatic N) is 2. The molecule has 1 N–H and O–H groups in total. The molecule has 0 unspecified atom stereocenters. The smallest absolute Gasteiger partial charge is 0.277 e. The van der Waals surface area contributed by atoms with E-state index in [0.717, 1.165) is 17.2 Å². The summed E-state index contributed by atoms with van der Waals surface area (Å²) in [6.07, 6.45) is -3.37. The van der Waals surface area contributed by atoms with Gasteiger partial charge in [-0.3, -0.25) is 14.4 Å². The average Bonchev–Trinajstić information content (AvgIpc) is 2.59. The number of carbonyl (C=O) groups is 1. The molecule has 2 rings (SSSR count). The number of hydrogen-bond donors (Lipinski definition) is 1. The summed E-state index contributed by atoms with van der Waals surface area (Å²) in [6.45, 7) is 1.23. The number of benzene rings is 1. The van der Waals surface area contributed by atoms with E-state index in [1.54, 1.807) is 0 Å². The summed E-state index contributed by atoms with van der Waals surface area (Å²) < 4.78 is 67.3. The summed E-state index contributed by atoms with van der Waals surface area (Å²) in [6, 6.07) is 3.99. The highest BCUT2D eigenvalue weighted by atomic mass is 127. The second-order valence-corrected chi connectivity index (χ2v) is 8.54.